The first-order chi connectivity index (χ1) is 13.4. The number of amides is 2. The van der Waals surface area contributed by atoms with Crippen LogP contribution in [0, 0.1) is 0 Å². The Hall–Kier alpha value is -2.23. The average Bonchev–Trinajstić information content (AvgIpc) is 3.10. The molecule has 0 saturated carbocycles. The number of benzene rings is 1. The van der Waals surface area contributed by atoms with Gasteiger partial charge in [-0.25, -0.2) is 5.43 Å². The van der Waals surface area contributed by atoms with Gasteiger partial charge < -0.3 is 4.90 Å². The van der Waals surface area contributed by atoms with E-state index in [-0.39, 0.29) is 17.5 Å². The SMILES string of the molecule is CCN(CC)c1ccc(/C=N\NC(=O)Cc2nnc(NC(=O)C(Cl)Cl)s2)cc1. The number of carbonyl (C=O) groups excluding carboxylic acids is 2. The van der Waals surface area contributed by atoms with Gasteiger partial charge in [0.2, 0.25) is 11.0 Å². The van der Waals surface area contributed by atoms with Crippen molar-refractivity contribution in [2.75, 3.05) is 23.3 Å². The van der Waals surface area contributed by atoms with Gasteiger partial charge in [0, 0.05) is 18.8 Å². The molecule has 28 heavy (non-hydrogen) atoms. The number of hydrogen-bond donors (Lipinski definition) is 2. The third kappa shape index (κ3) is 6.74. The number of aromatic nitrogens is 2. The standard InChI is InChI=1S/C17H20Cl2N6O2S/c1-3-25(4-2)12-7-5-11(6-8-12)10-20-22-13(26)9-14-23-24-17(28-14)21-16(27)15(18)19/h5-8,10,15H,3-4,9H2,1-2H3,(H,22,26)(H,21,24,27)/b20-10-. The van der Waals surface area contributed by atoms with Crippen molar-refractivity contribution in [1.82, 2.24) is 15.6 Å². The minimum atomic E-state index is -1.20. The second-order valence-electron chi connectivity index (χ2n) is 5.52. The van der Waals surface area contributed by atoms with Crippen molar-refractivity contribution in [3.63, 3.8) is 0 Å². The Morgan fingerprint density at radius 3 is 2.50 bits per heavy atom. The summed E-state index contributed by atoms with van der Waals surface area (Å²) in [6.45, 7) is 6.09. The van der Waals surface area contributed by atoms with Crippen LogP contribution in [0.2, 0.25) is 0 Å². The maximum Gasteiger partial charge on any atom is 0.259 e. The largest absolute Gasteiger partial charge is 0.372 e. The number of hydrazone groups is 1. The Bertz CT molecular complexity index is 821. The Labute approximate surface area is 176 Å². The molecule has 150 valence electrons. The van der Waals surface area contributed by atoms with Gasteiger partial charge in [-0.1, -0.05) is 46.7 Å². The van der Waals surface area contributed by atoms with Crippen LogP contribution in [0.1, 0.15) is 24.4 Å². The molecule has 0 radical (unpaired) electrons. The van der Waals surface area contributed by atoms with E-state index in [1.807, 2.05) is 24.3 Å². The summed E-state index contributed by atoms with van der Waals surface area (Å²) in [6.07, 6.45) is 1.55. The molecule has 0 aliphatic carbocycles. The molecular weight excluding hydrogens is 423 g/mol. The summed E-state index contributed by atoms with van der Waals surface area (Å²) in [6, 6.07) is 7.90. The highest BCUT2D eigenvalue weighted by molar-refractivity contribution is 7.15. The molecule has 2 aromatic rings. The second kappa shape index (κ2) is 10.9. The first-order valence-electron chi connectivity index (χ1n) is 8.51. The minimum Gasteiger partial charge on any atom is -0.372 e. The van der Waals surface area contributed by atoms with Crippen LogP contribution in [0.3, 0.4) is 0 Å². The van der Waals surface area contributed by atoms with E-state index in [1.54, 1.807) is 6.21 Å². The molecule has 0 aliphatic heterocycles. The van der Waals surface area contributed by atoms with Gasteiger partial charge in [-0.05, 0) is 31.5 Å². The molecule has 8 nitrogen and oxygen atoms in total. The van der Waals surface area contributed by atoms with Gasteiger partial charge in [0.25, 0.3) is 5.91 Å². The Morgan fingerprint density at radius 2 is 1.89 bits per heavy atom. The van der Waals surface area contributed by atoms with E-state index < -0.39 is 10.7 Å². The molecule has 0 fully saturated rings. The van der Waals surface area contributed by atoms with Gasteiger partial charge in [-0.15, -0.1) is 10.2 Å². The fraction of sp³-hybridized carbons (Fsp3) is 0.353. The molecule has 0 unspecified atom stereocenters. The zero-order valence-electron chi connectivity index (χ0n) is 15.4. The molecule has 11 heteroatoms. The van der Waals surface area contributed by atoms with Crippen LogP contribution in [0.4, 0.5) is 10.8 Å². The van der Waals surface area contributed by atoms with Crippen molar-refractivity contribution in [2.24, 2.45) is 5.10 Å². The molecule has 0 aliphatic rings. The molecule has 0 atom stereocenters. The van der Waals surface area contributed by atoms with Crippen LogP contribution in [0.25, 0.3) is 0 Å². The summed E-state index contributed by atoms with van der Waals surface area (Å²) in [5, 5.41) is 14.6. The molecule has 2 amide bonds. The number of nitrogens with one attached hydrogen (secondary N) is 2. The zero-order chi connectivity index (χ0) is 20.5. The number of carbonyl (C=O) groups is 2. The van der Waals surface area contributed by atoms with Crippen molar-refractivity contribution in [3.05, 3.63) is 34.8 Å². The average molecular weight is 443 g/mol. The van der Waals surface area contributed by atoms with Crippen molar-refractivity contribution in [3.8, 4) is 0 Å². The van der Waals surface area contributed by atoms with Crippen molar-refractivity contribution < 1.29 is 9.59 Å². The highest BCUT2D eigenvalue weighted by atomic mass is 35.5. The van der Waals surface area contributed by atoms with Gasteiger partial charge in [0.1, 0.15) is 5.01 Å². The Kier molecular flexibility index (Phi) is 8.62. The lowest BCUT2D eigenvalue weighted by Gasteiger charge is -2.20. The van der Waals surface area contributed by atoms with Gasteiger partial charge in [0.15, 0.2) is 4.84 Å². The van der Waals surface area contributed by atoms with E-state index in [4.69, 9.17) is 23.2 Å². The van der Waals surface area contributed by atoms with Crippen LogP contribution in [-0.2, 0) is 16.0 Å². The van der Waals surface area contributed by atoms with Crippen molar-refractivity contribution in [1.29, 1.82) is 0 Å². The maximum absolute atomic E-state index is 11.9. The monoisotopic (exact) mass is 442 g/mol. The van der Waals surface area contributed by atoms with E-state index in [9.17, 15) is 9.59 Å². The normalized spacial score (nSPS) is 11.0. The third-order valence-corrected chi connectivity index (χ3v) is 4.87. The van der Waals surface area contributed by atoms with Crippen LogP contribution < -0.4 is 15.6 Å². The summed E-state index contributed by atoms with van der Waals surface area (Å²) in [4.78, 5) is 24.4. The molecule has 1 heterocycles. The minimum absolute atomic E-state index is 0.0169. The molecule has 0 saturated heterocycles. The first kappa shape index (κ1) is 22.1. The summed E-state index contributed by atoms with van der Waals surface area (Å²) < 4.78 is 0. The van der Waals surface area contributed by atoms with E-state index in [1.165, 1.54) is 0 Å². The molecule has 0 bridgehead atoms. The number of hydrogen-bond acceptors (Lipinski definition) is 7. The van der Waals surface area contributed by atoms with Gasteiger partial charge in [-0.2, -0.15) is 5.10 Å². The second-order valence-corrected chi connectivity index (χ2v) is 7.68. The van der Waals surface area contributed by atoms with E-state index in [0.29, 0.717) is 5.01 Å². The fourth-order valence-electron chi connectivity index (χ4n) is 2.25. The number of anilines is 2. The summed E-state index contributed by atoms with van der Waals surface area (Å²) in [7, 11) is 0. The van der Waals surface area contributed by atoms with Crippen molar-refractivity contribution in [2.45, 2.75) is 25.1 Å². The number of halogens is 2. The van der Waals surface area contributed by atoms with Crippen LogP contribution in [-0.4, -0.2) is 46.2 Å². The molecule has 0 spiro atoms. The zero-order valence-corrected chi connectivity index (χ0v) is 17.7. The molecule has 1 aromatic carbocycles. The molecule has 2 N–H and O–H groups in total. The summed E-state index contributed by atoms with van der Waals surface area (Å²) in [5.74, 6) is -0.954. The molecular formula is C17H20Cl2N6O2S. The third-order valence-electron chi connectivity index (χ3n) is 3.63. The van der Waals surface area contributed by atoms with Gasteiger partial charge in [0.05, 0.1) is 12.6 Å². The van der Waals surface area contributed by atoms with Gasteiger partial charge in [-0.3, -0.25) is 14.9 Å². The number of nitrogens with zero attached hydrogens (tertiary/aromatic N) is 4. The maximum atomic E-state index is 11.9. The summed E-state index contributed by atoms with van der Waals surface area (Å²) >= 11 is 11.9. The van der Waals surface area contributed by atoms with E-state index >= 15 is 0 Å². The highest BCUT2D eigenvalue weighted by Gasteiger charge is 2.15. The highest BCUT2D eigenvalue weighted by Crippen LogP contribution is 2.17. The van der Waals surface area contributed by atoms with Crippen LogP contribution >= 0.6 is 34.5 Å². The molecule has 1 aromatic heterocycles. The quantitative estimate of drug-likeness (QED) is 0.353. The van der Waals surface area contributed by atoms with Gasteiger partial charge >= 0.3 is 0 Å². The molecule has 2 rings (SSSR count). The lowest BCUT2D eigenvalue weighted by atomic mass is 10.2. The fourth-order valence-corrected chi connectivity index (χ4v) is 3.10. The topological polar surface area (TPSA) is 99.6 Å². The Balaban J connectivity index is 1.84. The van der Waals surface area contributed by atoms with Crippen molar-refractivity contribution >= 4 is 63.4 Å². The number of rotatable bonds is 9. The lowest BCUT2D eigenvalue weighted by molar-refractivity contribution is -0.120. The van der Waals surface area contributed by atoms with Crippen LogP contribution in [0.5, 0.6) is 0 Å². The Morgan fingerprint density at radius 1 is 1.21 bits per heavy atom. The van der Waals surface area contributed by atoms with E-state index in [0.717, 1.165) is 35.7 Å². The van der Waals surface area contributed by atoms with Crippen LogP contribution in [0.15, 0.2) is 29.4 Å². The number of alkyl halides is 2. The first-order valence-corrected chi connectivity index (χ1v) is 10.2. The predicted octanol–water partition coefficient (Wildman–Crippen LogP) is 2.82. The summed E-state index contributed by atoms with van der Waals surface area (Å²) in [5.41, 5.74) is 4.45. The van der Waals surface area contributed by atoms with E-state index in [2.05, 4.69) is 44.8 Å². The smallest absolute Gasteiger partial charge is 0.259 e. The lowest BCUT2D eigenvalue weighted by Crippen LogP contribution is -2.21. The predicted molar refractivity (Wildman–Crippen MR) is 113 cm³/mol.